The lowest BCUT2D eigenvalue weighted by molar-refractivity contribution is 0.649. The molecule has 1 atom stereocenters. The first-order valence-corrected chi connectivity index (χ1v) is 7.53. The van der Waals surface area contributed by atoms with Gasteiger partial charge in [-0.25, -0.2) is 4.55 Å². The normalized spacial score (nSPS) is 19.2. The number of nitrogens with two attached hydrogens (primary N) is 1. The molecule has 1 aromatic carbocycles. The van der Waals surface area contributed by atoms with Crippen LogP contribution in [0, 0.1) is 6.92 Å². The molecule has 0 aromatic heterocycles. The van der Waals surface area contributed by atoms with E-state index in [4.69, 9.17) is 5.73 Å². The fourth-order valence-electron chi connectivity index (χ4n) is 1.60. The molecule has 3 N–H and O–H groups in total. The van der Waals surface area contributed by atoms with E-state index in [0.717, 1.165) is 34.7 Å². The van der Waals surface area contributed by atoms with Gasteiger partial charge in [0.15, 0.2) is 11.5 Å². The van der Waals surface area contributed by atoms with Crippen molar-refractivity contribution in [3.8, 4) is 0 Å². The lowest BCUT2D eigenvalue weighted by Gasteiger charge is -2.10. The van der Waals surface area contributed by atoms with E-state index in [9.17, 15) is 4.55 Å². The summed E-state index contributed by atoms with van der Waals surface area (Å²) in [6, 6.07) is 6.18. The summed E-state index contributed by atoms with van der Waals surface area (Å²) in [5.74, 6) is 1.73. The van der Waals surface area contributed by atoms with Crippen LogP contribution in [0.4, 0.5) is 5.69 Å². The van der Waals surface area contributed by atoms with Gasteiger partial charge < -0.3 is 5.73 Å². The molecule has 0 spiro atoms. The molecule has 1 saturated heterocycles. The molecule has 88 valence electrons. The monoisotopic (exact) mass is 239 g/mol. The van der Waals surface area contributed by atoms with Crippen LogP contribution in [0.1, 0.15) is 30.5 Å². The summed E-state index contributed by atoms with van der Waals surface area (Å²) in [5.41, 5.74) is 9.15. The predicted molar refractivity (Wildman–Crippen MR) is 70.2 cm³/mol. The maximum atomic E-state index is 9.82. The highest BCUT2D eigenvalue weighted by atomic mass is 32.3. The maximum Gasteiger partial charge on any atom is 0.169 e. The van der Waals surface area contributed by atoms with Crippen LogP contribution in [0.25, 0.3) is 0 Å². The molecule has 0 aliphatic carbocycles. The first-order valence-electron chi connectivity index (χ1n) is 5.64. The molecule has 0 bridgehead atoms. The molecule has 1 aromatic rings. The molecular formula is C12H19N2OS+. The van der Waals surface area contributed by atoms with Crippen LogP contribution in [-0.2, 0) is 10.1 Å². The highest BCUT2D eigenvalue weighted by Crippen LogP contribution is 2.30. The van der Waals surface area contributed by atoms with Crippen molar-refractivity contribution in [3.63, 3.8) is 0 Å². The number of hydrogen-bond acceptors (Lipinski definition) is 2. The highest BCUT2D eigenvalue weighted by molar-refractivity contribution is 8.06. The fraction of sp³-hybridized carbons (Fsp3) is 0.500. The third-order valence-electron chi connectivity index (χ3n) is 2.93. The van der Waals surface area contributed by atoms with E-state index in [2.05, 4.69) is 17.4 Å². The van der Waals surface area contributed by atoms with E-state index >= 15 is 0 Å². The third-order valence-corrected chi connectivity index (χ3v) is 4.60. The summed E-state index contributed by atoms with van der Waals surface area (Å²) < 4.78 is 14.2. The molecular weight excluding hydrogens is 220 g/mol. The topological polar surface area (TPSA) is 58.6 Å². The van der Waals surface area contributed by atoms with Crippen molar-refractivity contribution < 1.29 is 4.55 Å². The van der Waals surface area contributed by atoms with Gasteiger partial charge in [-0.15, -0.1) is 0 Å². The highest BCUT2D eigenvalue weighted by Gasteiger charge is 2.40. The summed E-state index contributed by atoms with van der Waals surface area (Å²) in [5, 5.41) is 0. The summed E-state index contributed by atoms with van der Waals surface area (Å²) in [6.07, 6.45) is 0.936. The van der Waals surface area contributed by atoms with E-state index in [0.29, 0.717) is 0 Å². The Balaban J connectivity index is 2.30. The van der Waals surface area contributed by atoms with Crippen molar-refractivity contribution in [3.05, 3.63) is 29.3 Å². The van der Waals surface area contributed by atoms with Crippen LogP contribution in [0.3, 0.4) is 0 Å². The van der Waals surface area contributed by atoms with Crippen LogP contribution in [0.15, 0.2) is 22.6 Å². The van der Waals surface area contributed by atoms with E-state index in [1.165, 1.54) is 0 Å². The second-order valence-electron chi connectivity index (χ2n) is 4.36. The molecule has 2 rings (SSSR count). The quantitative estimate of drug-likeness (QED) is 0.629. The smallest absolute Gasteiger partial charge is 0.169 e. The van der Waals surface area contributed by atoms with Gasteiger partial charge in [-0.1, -0.05) is 23.4 Å². The van der Waals surface area contributed by atoms with Crippen molar-refractivity contribution in [1.82, 2.24) is 0 Å². The fourth-order valence-corrected chi connectivity index (χ4v) is 2.95. The van der Waals surface area contributed by atoms with Crippen molar-refractivity contribution in [2.45, 2.75) is 26.3 Å². The average molecular weight is 239 g/mol. The Morgan fingerprint density at radius 1 is 1.50 bits per heavy atom. The van der Waals surface area contributed by atoms with E-state index in [1.54, 1.807) is 0 Å². The van der Waals surface area contributed by atoms with Gasteiger partial charge in [-0.2, -0.15) is 0 Å². The molecule has 1 aliphatic heterocycles. The Hall–Kier alpha value is -0.710. The first-order chi connectivity index (χ1) is 7.54. The minimum Gasteiger partial charge on any atom is -0.324 e. The number of hydrogen-bond donors (Lipinski definition) is 2. The largest absolute Gasteiger partial charge is 0.324 e. The van der Waals surface area contributed by atoms with Crippen molar-refractivity contribution in [1.29, 1.82) is 0 Å². The Morgan fingerprint density at radius 2 is 2.19 bits per heavy atom. The minimum atomic E-state index is -1.59. The van der Waals surface area contributed by atoms with Crippen LogP contribution in [-0.4, -0.2) is 16.1 Å². The third kappa shape index (κ3) is 2.51. The second kappa shape index (κ2) is 4.28. The minimum absolute atomic E-state index is 0.101. The molecule has 1 aliphatic rings. The van der Waals surface area contributed by atoms with E-state index in [1.807, 2.05) is 19.1 Å². The van der Waals surface area contributed by atoms with Gasteiger partial charge >= 0.3 is 0 Å². The van der Waals surface area contributed by atoms with Gasteiger partial charge in [0, 0.05) is 6.04 Å². The molecule has 0 saturated carbocycles. The first kappa shape index (κ1) is 11.8. The van der Waals surface area contributed by atoms with Crippen molar-refractivity contribution in [2.24, 2.45) is 10.1 Å². The summed E-state index contributed by atoms with van der Waals surface area (Å²) in [6.45, 7) is 4.10. The number of nitrogens with zero attached hydrogens (tertiary/aromatic N) is 1. The van der Waals surface area contributed by atoms with Crippen LogP contribution >= 0.6 is 0 Å². The Morgan fingerprint density at radius 3 is 2.69 bits per heavy atom. The number of rotatable bonds is 3. The molecule has 1 fully saturated rings. The molecule has 16 heavy (non-hydrogen) atoms. The van der Waals surface area contributed by atoms with Crippen LogP contribution in [0.2, 0.25) is 0 Å². The SMILES string of the molecule is CCC(N)c1ccc(N=[S+]2(O)CC2)c(C)c1. The van der Waals surface area contributed by atoms with Gasteiger partial charge in [0.05, 0.1) is 0 Å². The second-order valence-corrected chi connectivity index (χ2v) is 6.97. The average Bonchev–Trinajstić information content (AvgIpc) is 2.98. The molecule has 4 heteroatoms. The molecule has 0 radical (unpaired) electrons. The van der Waals surface area contributed by atoms with E-state index < -0.39 is 10.1 Å². The van der Waals surface area contributed by atoms with Gasteiger partial charge in [-0.3, -0.25) is 0 Å². The summed E-state index contributed by atoms with van der Waals surface area (Å²) in [7, 11) is -1.59. The number of aryl methyl sites for hydroxylation is 1. The Kier molecular flexibility index (Phi) is 3.15. The van der Waals surface area contributed by atoms with Crippen LogP contribution < -0.4 is 5.73 Å². The van der Waals surface area contributed by atoms with Gasteiger partial charge in [-0.05, 0) is 30.5 Å². The molecule has 1 unspecified atom stereocenters. The number of benzene rings is 1. The van der Waals surface area contributed by atoms with Crippen molar-refractivity contribution in [2.75, 3.05) is 11.5 Å². The maximum absolute atomic E-state index is 9.82. The summed E-state index contributed by atoms with van der Waals surface area (Å²) >= 11 is 0. The standard InChI is InChI=1S/C12H19N2OS/c1-3-11(13)10-4-5-12(9(2)8-10)14-16(15)6-7-16/h4-5,8,11H,3,6-7,13H2,1-2H3,(H,14,15)/q+1. The van der Waals surface area contributed by atoms with Crippen LogP contribution in [0.5, 0.6) is 0 Å². The predicted octanol–water partition coefficient (Wildman–Crippen LogP) is 2.86. The molecule has 3 nitrogen and oxygen atoms in total. The molecule has 0 amide bonds. The molecule has 1 heterocycles. The zero-order valence-corrected chi connectivity index (χ0v) is 10.6. The zero-order chi connectivity index (χ0) is 11.8. The van der Waals surface area contributed by atoms with Crippen molar-refractivity contribution >= 4 is 15.8 Å². The van der Waals surface area contributed by atoms with Gasteiger partial charge in [0.25, 0.3) is 0 Å². The van der Waals surface area contributed by atoms with Gasteiger partial charge in [0.1, 0.15) is 15.8 Å². The Bertz CT molecular complexity index is 448. The lowest BCUT2D eigenvalue weighted by Crippen LogP contribution is -2.08. The Labute approximate surface area is 98.0 Å². The summed E-state index contributed by atoms with van der Waals surface area (Å²) in [4.78, 5) is 0. The lowest BCUT2D eigenvalue weighted by atomic mass is 10.0. The van der Waals surface area contributed by atoms with E-state index in [-0.39, 0.29) is 6.04 Å². The zero-order valence-electron chi connectivity index (χ0n) is 9.81. The van der Waals surface area contributed by atoms with Gasteiger partial charge in [0.2, 0.25) is 0 Å².